The molecule has 4 nitrogen and oxygen atoms in total. The van der Waals surface area contributed by atoms with Crippen molar-refractivity contribution in [2.45, 2.75) is 77.2 Å². The lowest BCUT2D eigenvalue weighted by atomic mass is 9.91. The first-order valence-corrected chi connectivity index (χ1v) is 12.4. The van der Waals surface area contributed by atoms with E-state index in [0.717, 1.165) is 18.3 Å². The van der Waals surface area contributed by atoms with E-state index in [1.165, 1.54) is 0 Å². The van der Waals surface area contributed by atoms with Crippen molar-refractivity contribution in [3.63, 3.8) is 0 Å². The first-order chi connectivity index (χ1) is 12.1. The number of hydrogen-bond acceptors (Lipinski definition) is 4. The van der Waals surface area contributed by atoms with Gasteiger partial charge in [-0.05, 0) is 23.7 Å². The number of carbonyl (C=O) groups is 1. The fraction of sp³-hybridized carbons (Fsp3) is 0.667. The average Bonchev–Trinajstić information content (AvgIpc) is 2.59. The van der Waals surface area contributed by atoms with Gasteiger partial charge in [-0.1, -0.05) is 58.0 Å². The second-order valence-corrected chi connectivity index (χ2v) is 13.7. The minimum Gasteiger partial charge on any atom is -0.414 e. The lowest BCUT2D eigenvalue weighted by Gasteiger charge is -2.41. The Bertz CT molecular complexity index is 567. The van der Waals surface area contributed by atoms with Crippen LogP contribution >= 0.6 is 0 Å². The predicted octanol–water partition coefficient (Wildman–Crippen LogP) is 4.59. The van der Waals surface area contributed by atoms with Gasteiger partial charge in [-0.25, -0.2) is 0 Å². The average molecular weight is 379 g/mol. The molecule has 4 unspecified atom stereocenters. The second kappa shape index (κ2) is 8.78. The fourth-order valence-electron chi connectivity index (χ4n) is 2.87. The molecule has 1 aromatic carbocycles. The molecular formula is C21H34O4Si. The summed E-state index contributed by atoms with van der Waals surface area (Å²) in [7, 11) is -1.84. The molecule has 1 saturated heterocycles. The van der Waals surface area contributed by atoms with Gasteiger partial charge in [0.05, 0.1) is 25.4 Å². The zero-order chi connectivity index (χ0) is 19.4. The zero-order valence-electron chi connectivity index (χ0n) is 17.0. The molecule has 0 bridgehead atoms. The first-order valence-electron chi connectivity index (χ1n) is 9.54. The van der Waals surface area contributed by atoms with E-state index in [0.29, 0.717) is 13.2 Å². The zero-order valence-corrected chi connectivity index (χ0v) is 18.0. The Morgan fingerprint density at radius 1 is 1.23 bits per heavy atom. The molecule has 0 saturated carbocycles. The van der Waals surface area contributed by atoms with Crippen molar-refractivity contribution in [3.8, 4) is 0 Å². The molecule has 2 rings (SSSR count). The van der Waals surface area contributed by atoms with Gasteiger partial charge >= 0.3 is 0 Å². The molecule has 0 aliphatic carbocycles. The van der Waals surface area contributed by atoms with Crippen molar-refractivity contribution in [1.29, 1.82) is 0 Å². The SMILES string of the molecule is CC1C(C=O)OC(CO[Si](C)(C)C(C)(C)C)CC1OCc1ccccc1. The van der Waals surface area contributed by atoms with E-state index in [9.17, 15) is 4.79 Å². The number of hydrogen-bond donors (Lipinski definition) is 0. The van der Waals surface area contributed by atoms with Crippen LogP contribution in [0.15, 0.2) is 30.3 Å². The largest absolute Gasteiger partial charge is 0.414 e. The van der Waals surface area contributed by atoms with Crippen LogP contribution in [0.3, 0.4) is 0 Å². The summed E-state index contributed by atoms with van der Waals surface area (Å²) in [6.45, 7) is 14.3. The standard InChI is InChI=1S/C21H34O4Si/c1-16-19(23-14-17-10-8-7-9-11-17)12-18(25-20(16)13-22)15-24-26(5,6)21(2,3)4/h7-11,13,16,18-20H,12,14-15H2,1-6H3. The molecule has 1 fully saturated rings. The van der Waals surface area contributed by atoms with Crippen LogP contribution in [0.5, 0.6) is 0 Å². The highest BCUT2D eigenvalue weighted by molar-refractivity contribution is 6.74. The lowest BCUT2D eigenvalue weighted by molar-refractivity contribution is -0.165. The minimum atomic E-state index is -1.84. The van der Waals surface area contributed by atoms with Gasteiger partial charge in [0.2, 0.25) is 0 Å². The Hall–Kier alpha value is -1.01. The Kier molecular flexibility index (Phi) is 7.19. The van der Waals surface area contributed by atoms with E-state index in [1.54, 1.807) is 0 Å². The molecule has 0 amide bonds. The third-order valence-electron chi connectivity index (χ3n) is 5.83. The Labute approximate surface area is 159 Å². The summed E-state index contributed by atoms with van der Waals surface area (Å²) >= 11 is 0. The van der Waals surface area contributed by atoms with E-state index < -0.39 is 14.4 Å². The topological polar surface area (TPSA) is 44.8 Å². The van der Waals surface area contributed by atoms with Crippen LogP contribution in [0.4, 0.5) is 0 Å². The highest BCUT2D eigenvalue weighted by Gasteiger charge is 2.40. The quantitative estimate of drug-likeness (QED) is 0.514. The molecule has 4 atom stereocenters. The van der Waals surface area contributed by atoms with Gasteiger partial charge in [0.15, 0.2) is 8.32 Å². The normalized spacial score (nSPS) is 27.3. The maximum Gasteiger partial charge on any atom is 0.192 e. The fourth-order valence-corrected chi connectivity index (χ4v) is 3.90. The van der Waals surface area contributed by atoms with Gasteiger partial charge in [0.25, 0.3) is 0 Å². The summed E-state index contributed by atoms with van der Waals surface area (Å²) in [5.74, 6) is 0.0420. The number of rotatable bonds is 7. The van der Waals surface area contributed by atoms with Crippen molar-refractivity contribution in [3.05, 3.63) is 35.9 Å². The molecule has 0 spiro atoms. The van der Waals surface area contributed by atoms with Crippen LogP contribution in [0.2, 0.25) is 18.1 Å². The molecule has 1 heterocycles. The number of benzene rings is 1. The van der Waals surface area contributed by atoms with Crippen LogP contribution in [0, 0.1) is 5.92 Å². The summed E-state index contributed by atoms with van der Waals surface area (Å²) in [4.78, 5) is 11.5. The molecule has 5 heteroatoms. The van der Waals surface area contributed by atoms with Crippen LogP contribution in [0.25, 0.3) is 0 Å². The number of ether oxygens (including phenoxy) is 2. The van der Waals surface area contributed by atoms with Gasteiger partial charge in [0, 0.05) is 12.3 Å². The summed E-state index contributed by atoms with van der Waals surface area (Å²) in [6.07, 6.45) is 1.12. The molecule has 0 aromatic heterocycles. The Morgan fingerprint density at radius 2 is 1.88 bits per heavy atom. The van der Waals surface area contributed by atoms with Gasteiger partial charge < -0.3 is 18.7 Å². The van der Waals surface area contributed by atoms with E-state index in [-0.39, 0.29) is 23.2 Å². The molecule has 1 aliphatic rings. The summed E-state index contributed by atoms with van der Waals surface area (Å²) < 4.78 is 18.5. The molecule has 0 N–H and O–H groups in total. The van der Waals surface area contributed by atoms with Crippen molar-refractivity contribution < 1.29 is 18.7 Å². The van der Waals surface area contributed by atoms with Crippen LogP contribution in [-0.2, 0) is 25.3 Å². The summed E-state index contributed by atoms with van der Waals surface area (Å²) in [5, 5.41) is 0.155. The second-order valence-electron chi connectivity index (χ2n) is 8.86. The Balaban J connectivity index is 1.97. The van der Waals surface area contributed by atoms with Crippen LogP contribution < -0.4 is 0 Å². The summed E-state index contributed by atoms with van der Waals surface area (Å²) in [5.41, 5.74) is 1.14. The van der Waals surface area contributed by atoms with Crippen molar-refractivity contribution in [2.24, 2.45) is 5.92 Å². The third-order valence-corrected chi connectivity index (χ3v) is 10.3. The predicted molar refractivity (Wildman–Crippen MR) is 107 cm³/mol. The molecule has 146 valence electrons. The molecule has 26 heavy (non-hydrogen) atoms. The van der Waals surface area contributed by atoms with Gasteiger partial charge in [0.1, 0.15) is 12.4 Å². The molecule has 1 aliphatic heterocycles. The van der Waals surface area contributed by atoms with Crippen LogP contribution in [-0.4, -0.2) is 39.5 Å². The van der Waals surface area contributed by atoms with Crippen molar-refractivity contribution in [1.82, 2.24) is 0 Å². The van der Waals surface area contributed by atoms with Crippen molar-refractivity contribution in [2.75, 3.05) is 6.61 Å². The third kappa shape index (κ3) is 5.49. The summed E-state index contributed by atoms with van der Waals surface area (Å²) in [6, 6.07) is 10.1. The van der Waals surface area contributed by atoms with Gasteiger partial charge in [-0.2, -0.15) is 0 Å². The van der Waals surface area contributed by atoms with E-state index >= 15 is 0 Å². The first kappa shape index (κ1) is 21.3. The van der Waals surface area contributed by atoms with E-state index in [2.05, 4.69) is 46.0 Å². The number of aldehydes is 1. The van der Waals surface area contributed by atoms with E-state index in [4.69, 9.17) is 13.9 Å². The Morgan fingerprint density at radius 3 is 2.46 bits per heavy atom. The number of carbonyl (C=O) groups excluding carboxylic acids is 1. The van der Waals surface area contributed by atoms with Crippen LogP contribution in [0.1, 0.15) is 39.7 Å². The maximum atomic E-state index is 11.5. The molecule has 0 radical (unpaired) electrons. The van der Waals surface area contributed by atoms with E-state index in [1.807, 2.05) is 25.1 Å². The minimum absolute atomic E-state index is 0.00725. The van der Waals surface area contributed by atoms with Crippen molar-refractivity contribution >= 4 is 14.6 Å². The highest BCUT2D eigenvalue weighted by Crippen LogP contribution is 2.37. The molecular weight excluding hydrogens is 344 g/mol. The highest BCUT2D eigenvalue weighted by atomic mass is 28.4. The lowest BCUT2D eigenvalue weighted by Crippen LogP contribution is -2.49. The maximum absolute atomic E-state index is 11.5. The molecule has 1 aromatic rings. The van der Waals surface area contributed by atoms with Gasteiger partial charge in [-0.15, -0.1) is 0 Å². The van der Waals surface area contributed by atoms with Gasteiger partial charge in [-0.3, -0.25) is 0 Å². The monoisotopic (exact) mass is 378 g/mol. The smallest absolute Gasteiger partial charge is 0.192 e.